The summed E-state index contributed by atoms with van der Waals surface area (Å²) in [7, 11) is -4.01. The number of nitrogens with one attached hydrogen (secondary N) is 2. The summed E-state index contributed by atoms with van der Waals surface area (Å²) in [6.45, 7) is 1.58. The summed E-state index contributed by atoms with van der Waals surface area (Å²) in [5, 5.41) is -0.208. The molecule has 0 fully saturated rings. The first-order chi connectivity index (χ1) is 8.79. The van der Waals surface area contributed by atoms with Crippen molar-refractivity contribution in [2.45, 2.75) is 11.9 Å². The number of hydrogen-bond acceptors (Lipinski definition) is 3. The molecular formula is C10H8BrF2N3O2S. The largest absolute Gasteiger partial charge is 0.332 e. The summed E-state index contributed by atoms with van der Waals surface area (Å²) in [4.78, 5) is 6.26. The number of hydrogen-bond donors (Lipinski definition) is 2. The number of aromatic amines is 1. The van der Waals surface area contributed by atoms with Gasteiger partial charge in [-0.25, -0.2) is 13.8 Å². The predicted molar refractivity (Wildman–Crippen MR) is 68.2 cm³/mol. The van der Waals surface area contributed by atoms with Crippen LogP contribution in [0.5, 0.6) is 0 Å². The third-order valence-corrected chi connectivity index (χ3v) is 4.10. The molecule has 0 saturated carbocycles. The van der Waals surface area contributed by atoms with Crippen molar-refractivity contribution in [3.8, 4) is 0 Å². The van der Waals surface area contributed by atoms with Gasteiger partial charge in [0.15, 0.2) is 10.8 Å². The average Bonchev–Trinajstić information content (AvgIpc) is 2.71. The van der Waals surface area contributed by atoms with Gasteiger partial charge in [-0.1, -0.05) is 0 Å². The highest BCUT2D eigenvalue weighted by molar-refractivity contribution is 9.10. The van der Waals surface area contributed by atoms with Gasteiger partial charge in [-0.3, -0.25) is 4.72 Å². The number of benzene rings is 1. The Labute approximate surface area is 116 Å². The minimum atomic E-state index is -4.01. The van der Waals surface area contributed by atoms with Crippen molar-refractivity contribution in [2.75, 3.05) is 4.72 Å². The summed E-state index contributed by atoms with van der Waals surface area (Å²) < 4.78 is 52.3. The van der Waals surface area contributed by atoms with Gasteiger partial charge in [0, 0.05) is 10.5 Å². The molecule has 2 N–H and O–H groups in total. The van der Waals surface area contributed by atoms with Crippen LogP contribution in [-0.4, -0.2) is 18.4 Å². The molecule has 9 heteroatoms. The third-order valence-electron chi connectivity index (χ3n) is 2.21. The quantitative estimate of drug-likeness (QED) is 0.892. The zero-order chi connectivity index (χ0) is 14.2. The molecule has 2 aromatic rings. The molecule has 0 unspecified atom stereocenters. The minimum Gasteiger partial charge on any atom is -0.332 e. The van der Waals surface area contributed by atoms with Crippen LogP contribution in [0.1, 0.15) is 5.82 Å². The van der Waals surface area contributed by atoms with Crippen LogP contribution in [-0.2, 0) is 10.0 Å². The van der Waals surface area contributed by atoms with E-state index in [4.69, 9.17) is 0 Å². The Morgan fingerprint density at radius 1 is 1.37 bits per heavy atom. The molecule has 5 nitrogen and oxygen atoms in total. The first kappa shape index (κ1) is 13.9. The molecule has 0 aliphatic rings. The van der Waals surface area contributed by atoms with E-state index < -0.39 is 21.7 Å². The lowest BCUT2D eigenvalue weighted by Gasteiger charge is -2.09. The van der Waals surface area contributed by atoms with Crippen molar-refractivity contribution in [1.82, 2.24) is 9.97 Å². The fourth-order valence-corrected chi connectivity index (χ4v) is 3.06. The molecule has 0 atom stereocenters. The summed E-state index contributed by atoms with van der Waals surface area (Å²) in [5.74, 6) is -1.43. The summed E-state index contributed by atoms with van der Waals surface area (Å²) in [6, 6.07) is 1.54. The maximum Gasteiger partial charge on any atom is 0.279 e. The van der Waals surface area contributed by atoms with E-state index in [9.17, 15) is 17.2 Å². The Bertz CT molecular complexity index is 707. The van der Waals surface area contributed by atoms with Gasteiger partial charge in [-0.05, 0) is 28.9 Å². The Balaban J connectivity index is 2.41. The van der Waals surface area contributed by atoms with Crippen LogP contribution in [0.2, 0.25) is 0 Å². The van der Waals surface area contributed by atoms with Crippen molar-refractivity contribution in [3.05, 3.63) is 40.3 Å². The second kappa shape index (κ2) is 4.89. The lowest BCUT2D eigenvalue weighted by molar-refractivity contribution is 0.581. The summed E-state index contributed by atoms with van der Waals surface area (Å²) >= 11 is 2.90. The van der Waals surface area contributed by atoms with Gasteiger partial charge >= 0.3 is 0 Å². The highest BCUT2D eigenvalue weighted by Crippen LogP contribution is 2.28. The minimum absolute atomic E-state index is 0.0372. The van der Waals surface area contributed by atoms with Crippen molar-refractivity contribution in [2.24, 2.45) is 0 Å². The van der Waals surface area contributed by atoms with E-state index >= 15 is 0 Å². The molecule has 0 bridgehead atoms. The monoisotopic (exact) mass is 351 g/mol. The first-order valence-electron chi connectivity index (χ1n) is 4.98. The molecule has 0 radical (unpaired) electrons. The van der Waals surface area contributed by atoms with Crippen LogP contribution >= 0.6 is 15.9 Å². The van der Waals surface area contributed by atoms with Crippen LogP contribution in [0.15, 0.2) is 27.8 Å². The zero-order valence-electron chi connectivity index (χ0n) is 9.54. The average molecular weight is 352 g/mol. The normalized spacial score (nSPS) is 11.6. The van der Waals surface area contributed by atoms with Crippen LogP contribution in [0.4, 0.5) is 14.5 Å². The van der Waals surface area contributed by atoms with Crippen molar-refractivity contribution in [1.29, 1.82) is 0 Å². The Hall–Kier alpha value is -1.48. The molecule has 0 aliphatic carbocycles. The van der Waals surface area contributed by atoms with Crippen LogP contribution < -0.4 is 4.72 Å². The molecule has 1 aromatic carbocycles. The highest BCUT2D eigenvalue weighted by Gasteiger charge is 2.20. The number of aromatic nitrogens is 2. The van der Waals surface area contributed by atoms with Crippen LogP contribution in [0.3, 0.4) is 0 Å². The number of rotatable bonds is 3. The molecule has 1 heterocycles. The fraction of sp³-hybridized carbons (Fsp3) is 0.100. The maximum atomic E-state index is 13.5. The van der Waals surface area contributed by atoms with Gasteiger partial charge in [-0.2, -0.15) is 8.42 Å². The zero-order valence-corrected chi connectivity index (χ0v) is 11.9. The number of imidazole rings is 1. The molecule has 1 aromatic heterocycles. The van der Waals surface area contributed by atoms with Gasteiger partial charge in [0.1, 0.15) is 11.6 Å². The standard InChI is InChI=1S/C10H8BrF2N3O2S/c1-5-14-4-9(15-5)19(17,18)16-10-7(11)2-6(12)3-8(10)13/h2-4,16H,1H3,(H,14,15). The molecule has 102 valence electrons. The van der Waals surface area contributed by atoms with E-state index in [0.29, 0.717) is 11.9 Å². The van der Waals surface area contributed by atoms with E-state index in [0.717, 1.165) is 12.3 Å². The SMILES string of the molecule is Cc1ncc(S(=O)(=O)Nc2c(F)cc(F)cc2Br)[nH]1. The smallest absolute Gasteiger partial charge is 0.279 e. The Kier molecular flexibility index (Phi) is 3.59. The van der Waals surface area contributed by atoms with Gasteiger partial charge in [0.2, 0.25) is 0 Å². The molecule has 0 saturated heterocycles. The molecule has 0 aliphatic heterocycles. The summed E-state index contributed by atoms with van der Waals surface area (Å²) in [5.41, 5.74) is -0.367. The number of H-pyrrole nitrogens is 1. The number of anilines is 1. The molecule has 0 amide bonds. The van der Waals surface area contributed by atoms with Crippen molar-refractivity contribution < 1.29 is 17.2 Å². The van der Waals surface area contributed by atoms with E-state index in [1.807, 2.05) is 4.72 Å². The maximum absolute atomic E-state index is 13.5. The number of nitrogens with zero attached hydrogens (tertiary/aromatic N) is 1. The van der Waals surface area contributed by atoms with E-state index in [-0.39, 0.29) is 15.2 Å². The topological polar surface area (TPSA) is 74.8 Å². The lowest BCUT2D eigenvalue weighted by atomic mass is 10.3. The van der Waals surface area contributed by atoms with E-state index in [1.54, 1.807) is 6.92 Å². The Morgan fingerprint density at radius 3 is 2.58 bits per heavy atom. The molecule has 0 spiro atoms. The van der Waals surface area contributed by atoms with E-state index in [2.05, 4.69) is 25.9 Å². The fourth-order valence-electron chi connectivity index (χ4n) is 1.36. The predicted octanol–water partition coefficient (Wildman–Crippen LogP) is 2.56. The van der Waals surface area contributed by atoms with Crippen molar-refractivity contribution >= 4 is 31.6 Å². The lowest BCUT2D eigenvalue weighted by Crippen LogP contribution is -2.15. The van der Waals surface area contributed by atoms with Gasteiger partial charge < -0.3 is 4.98 Å². The number of halogens is 3. The van der Waals surface area contributed by atoms with Gasteiger partial charge in [0.25, 0.3) is 10.0 Å². The first-order valence-corrected chi connectivity index (χ1v) is 7.26. The van der Waals surface area contributed by atoms with Gasteiger partial charge in [0.05, 0.1) is 11.9 Å². The Morgan fingerprint density at radius 2 is 2.05 bits per heavy atom. The van der Waals surface area contributed by atoms with Crippen LogP contribution in [0.25, 0.3) is 0 Å². The third kappa shape index (κ3) is 2.92. The van der Waals surface area contributed by atoms with Crippen LogP contribution in [0, 0.1) is 18.6 Å². The second-order valence-corrected chi connectivity index (χ2v) is 6.19. The number of aryl methyl sites for hydroxylation is 1. The second-order valence-electron chi connectivity index (χ2n) is 3.68. The molecule has 2 rings (SSSR count). The number of sulfonamides is 1. The van der Waals surface area contributed by atoms with E-state index in [1.165, 1.54) is 0 Å². The summed E-state index contributed by atoms with van der Waals surface area (Å²) in [6.07, 6.45) is 1.10. The van der Waals surface area contributed by atoms with Crippen molar-refractivity contribution in [3.63, 3.8) is 0 Å². The molecular weight excluding hydrogens is 344 g/mol. The highest BCUT2D eigenvalue weighted by atomic mass is 79.9. The van der Waals surface area contributed by atoms with Gasteiger partial charge in [-0.15, -0.1) is 0 Å². The molecule has 19 heavy (non-hydrogen) atoms.